The zero-order valence-electron chi connectivity index (χ0n) is 47.6. The Kier molecular flexibility index (Phi) is 27.4. The van der Waals surface area contributed by atoms with Crippen molar-refractivity contribution in [1.82, 2.24) is 9.80 Å². The third kappa shape index (κ3) is 21.3. The van der Waals surface area contributed by atoms with Crippen molar-refractivity contribution in [2.45, 2.75) is 99.5 Å². The van der Waals surface area contributed by atoms with Crippen molar-refractivity contribution in [2.24, 2.45) is 35.5 Å². The number of amides is 1. The molecule has 4 aromatic carbocycles. The maximum Gasteiger partial charge on any atom is 0.410 e. The minimum atomic E-state index is -1.65. The summed E-state index contributed by atoms with van der Waals surface area (Å²) in [6, 6.07) is 38.3. The number of ketones is 1. The van der Waals surface area contributed by atoms with E-state index < -0.39 is 29.9 Å². The van der Waals surface area contributed by atoms with E-state index in [9.17, 15) is 28.8 Å². The molecule has 0 spiro atoms. The molecule has 1 amide bonds. The standard InChI is InChI=1S/C31H41NO8.C17H19NO2.C14H22O5/c1-22-18-31(29(34)36-5,40-28(24(22)3)23(2)20-37-25(4)33)39-17-16-32(19-26-12-8-6-9-13-26)30(35)38-21-27-14-10-7-11-15-27;19-12-11-18(13-15-7-3-1-4-8-15)14-17(20)16-9-5-2-6-10-16;1-8-6-12(14(16)17-5)19-13(10(8)3)9(2)7-18-11(4)15/h6-15,22-24,28H,16-21H2,1-5H3;1-10,19H,11-14H2;6,8-10,13H,7H2,1-5H3/t22?,23-,24-,28?,31-;;8?,9-,10-,13?/m1.1/s1. The van der Waals surface area contributed by atoms with Crippen LogP contribution < -0.4 is 0 Å². The van der Waals surface area contributed by atoms with Gasteiger partial charge in [0.2, 0.25) is 5.76 Å². The number of hydrogen-bond donors (Lipinski definition) is 1. The lowest BCUT2D eigenvalue weighted by Crippen LogP contribution is -2.57. The number of methoxy groups -OCH3 is 2. The highest BCUT2D eigenvalue weighted by molar-refractivity contribution is 5.97. The maximum absolute atomic E-state index is 13.1. The number of hydrogen-bond acceptors (Lipinski definition) is 16. The average Bonchev–Trinajstić information content (AvgIpc) is 3.46. The molecule has 430 valence electrons. The first-order valence-corrected chi connectivity index (χ1v) is 26.9. The number of benzene rings is 4. The number of esters is 4. The van der Waals surface area contributed by atoms with Gasteiger partial charge in [0.05, 0.1) is 53.3 Å². The van der Waals surface area contributed by atoms with E-state index in [0.29, 0.717) is 31.7 Å². The molecule has 4 aromatic rings. The largest absolute Gasteiger partial charge is 0.483 e. The van der Waals surface area contributed by atoms with Crippen molar-refractivity contribution in [2.75, 3.05) is 60.3 Å². The van der Waals surface area contributed by atoms with Crippen molar-refractivity contribution in [3.05, 3.63) is 155 Å². The van der Waals surface area contributed by atoms with Crippen LogP contribution in [0.15, 0.2) is 133 Å². The summed E-state index contributed by atoms with van der Waals surface area (Å²) in [5.41, 5.74) is 3.66. The van der Waals surface area contributed by atoms with E-state index in [0.717, 1.165) is 16.7 Å². The maximum atomic E-state index is 13.1. The Bertz CT molecular complexity index is 2510. The second-order valence-electron chi connectivity index (χ2n) is 20.3. The van der Waals surface area contributed by atoms with Gasteiger partial charge in [-0.05, 0) is 46.4 Å². The summed E-state index contributed by atoms with van der Waals surface area (Å²) in [5.74, 6) is -2.74. The van der Waals surface area contributed by atoms with Gasteiger partial charge in [-0.15, -0.1) is 0 Å². The van der Waals surface area contributed by atoms with E-state index in [4.69, 9.17) is 38.3 Å². The van der Waals surface area contributed by atoms with E-state index in [2.05, 4.69) is 11.7 Å². The Morgan fingerprint density at radius 2 is 1.18 bits per heavy atom. The van der Waals surface area contributed by atoms with E-state index in [-0.39, 0.29) is 111 Å². The van der Waals surface area contributed by atoms with Crippen LogP contribution in [0, 0.1) is 35.5 Å². The fraction of sp³-hybridized carbons (Fsp3) is 0.484. The second-order valence-corrected chi connectivity index (χ2v) is 20.3. The van der Waals surface area contributed by atoms with Gasteiger partial charge in [0, 0.05) is 63.8 Å². The summed E-state index contributed by atoms with van der Waals surface area (Å²) in [5, 5.41) is 9.15. The number of aliphatic hydroxyl groups is 1. The van der Waals surface area contributed by atoms with Crippen LogP contribution in [0.1, 0.15) is 88.9 Å². The molecule has 6 rings (SSSR count). The highest BCUT2D eigenvalue weighted by atomic mass is 16.7. The molecule has 2 heterocycles. The quantitative estimate of drug-likeness (QED) is 0.0418. The van der Waals surface area contributed by atoms with Gasteiger partial charge in [0.15, 0.2) is 5.78 Å². The third-order valence-corrected chi connectivity index (χ3v) is 14.0. The normalized spacial score (nSPS) is 21.1. The average molecular weight is 1100 g/mol. The van der Waals surface area contributed by atoms with Crippen molar-refractivity contribution in [3.8, 4) is 0 Å². The lowest BCUT2D eigenvalue weighted by Gasteiger charge is -2.46. The van der Waals surface area contributed by atoms with Crippen LogP contribution in [-0.4, -0.2) is 129 Å². The minimum absolute atomic E-state index is 0.00845. The van der Waals surface area contributed by atoms with Gasteiger partial charge in [0.1, 0.15) is 12.7 Å². The summed E-state index contributed by atoms with van der Waals surface area (Å²) >= 11 is 0. The van der Waals surface area contributed by atoms with Gasteiger partial charge < -0.3 is 47.9 Å². The van der Waals surface area contributed by atoms with Crippen LogP contribution in [0.2, 0.25) is 0 Å². The van der Waals surface area contributed by atoms with Crippen LogP contribution in [0.4, 0.5) is 4.79 Å². The fourth-order valence-electron chi connectivity index (χ4n) is 9.19. The molecule has 0 radical (unpaired) electrons. The number of nitrogens with zero attached hydrogens (tertiary/aromatic N) is 2. The smallest absolute Gasteiger partial charge is 0.410 e. The van der Waals surface area contributed by atoms with E-state index in [1.54, 1.807) is 11.0 Å². The topological polar surface area (TPSA) is 203 Å². The number of ether oxygens (including phenoxy) is 8. The molecule has 9 atom stereocenters. The molecule has 1 fully saturated rings. The fourth-order valence-corrected chi connectivity index (χ4v) is 9.19. The molecule has 2 aliphatic heterocycles. The van der Waals surface area contributed by atoms with Crippen LogP contribution in [0.25, 0.3) is 0 Å². The predicted octanol–water partition coefficient (Wildman–Crippen LogP) is 9.25. The minimum Gasteiger partial charge on any atom is -0.483 e. The predicted molar refractivity (Wildman–Crippen MR) is 296 cm³/mol. The van der Waals surface area contributed by atoms with Gasteiger partial charge in [-0.2, -0.15) is 0 Å². The molecular formula is C62H82N2O15. The Balaban J connectivity index is 0.000000287. The Hall–Kier alpha value is -6.92. The molecular weight excluding hydrogens is 1010 g/mol. The summed E-state index contributed by atoms with van der Waals surface area (Å²) in [6.45, 7) is 17.3. The molecule has 2 aliphatic rings. The summed E-state index contributed by atoms with van der Waals surface area (Å²) < 4.78 is 43.8. The number of carbonyl (C=O) groups is 6. The molecule has 0 saturated carbocycles. The van der Waals surface area contributed by atoms with E-state index >= 15 is 0 Å². The molecule has 4 unspecified atom stereocenters. The molecule has 0 aromatic heterocycles. The van der Waals surface area contributed by atoms with Crippen molar-refractivity contribution < 1.29 is 71.8 Å². The SMILES string of the molecule is COC(=O)C1=CC(C)[C@@H](C)C([C@H](C)COC(C)=O)O1.COC(=O)[C@@]1(OCCN(Cc2ccccc2)C(=O)OCc2ccccc2)CC(C)[C@@H](C)C([C@H](C)COC(C)=O)O1.O=C(CN(CCO)Cc1ccccc1)c1ccccc1. The van der Waals surface area contributed by atoms with Crippen molar-refractivity contribution in [1.29, 1.82) is 0 Å². The van der Waals surface area contributed by atoms with Crippen LogP contribution in [0.5, 0.6) is 0 Å². The van der Waals surface area contributed by atoms with Crippen LogP contribution in [-0.2, 0) is 76.8 Å². The lowest BCUT2D eigenvalue weighted by atomic mass is 9.78. The van der Waals surface area contributed by atoms with Gasteiger partial charge >= 0.3 is 30.0 Å². The molecule has 0 aliphatic carbocycles. The molecule has 17 heteroatoms. The van der Waals surface area contributed by atoms with Gasteiger partial charge in [-0.1, -0.05) is 163 Å². The molecule has 0 bridgehead atoms. The summed E-state index contributed by atoms with van der Waals surface area (Å²) in [4.78, 5) is 75.7. The first kappa shape index (κ1) is 64.6. The third-order valence-electron chi connectivity index (χ3n) is 14.0. The Labute approximate surface area is 466 Å². The monoisotopic (exact) mass is 1090 g/mol. The summed E-state index contributed by atoms with van der Waals surface area (Å²) in [7, 11) is 2.62. The number of aliphatic hydroxyl groups excluding tert-OH is 1. The zero-order chi connectivity index (χ0) is 57.9. The first-order valence-electron chi connectivity index (χ1n) is 26.9. The van der Waals surface area contributed by atoms with Gasteiger partial charge in [0.25, 0.3) is 5.79 Å². The van der Waals surface area contributed by atoms with E-state index in [1.807, 2.05) is 161 Å². The molecule has 1 N–H and O–H groups in total. The zero-order valence-corrected chi connectivity index (χ0v) is 47.6. The van der Waals surface area contributed by atoms with E-state index in [1.165, 1.54) is 28.1 Å². The second kappa shape index (κ2) is 33.5. The Morgan fingerprint density at radius 3 is 1.70 bits per heavy atom. The van der Waals surface area contributed by atoms with Gasteiger partial charge in [-0.3, -0.25) is 19.3 Å². The highest BCUT2D eigenvalue weighted by Gasteiger charge is 2.52. The van der Waals surface area contributed by atoms with Gasteiger partial charge in [-0.25, -0.2) is 14.4 Å². The number of rotatable bonds is 23. The number of allylic oxidation sites excluding steroid dienone is 1. The number of Topliss-reactive ketones (excluding diaryl/α,β-unsaturated/α-hetero) is 1. The number of carbonyl (C=O) groups excluding carboxylic acids is 6. The lowest BCUT2D eigenvalue weighted by molar-refractivity contribution is -0.303. The van der Waals surface area contributed by atoms with Crippen molar-refractivity contribution in [3.63, 3.8) is 0 Å². The Morgan fingerprint density at radius 1 is 0.658 bits per heavy atom. The molecule has 17 nitrogen and oxygen atoms in total. The van der Waals surface area contributed by atoms with Crippen LogP contribution >= 0.6 is 0 Å². The molecule has 1 saturated heterocycles. The molecule has 79 heavy (non-hydrogen) atoms. The first-order chi connectivity index (χ1) is 37.8. The van der Waals surface area contributed by atoms with Crippen molar-refractivity contribution >= 4 is 35.8 Å². The van der Waals surface area contributed by atoms with Crippen LogP contribution in [0.3, 0.4) is 0 Å². The highest BCUT2D eigenvalue weighted by Crippen LogP contribution is 2.41. The summed E-state index contributed by atoms with van der Waals surface area (Å²) in [6.07, 6.45) is 0.982.